The number of nitrogens with one attached hydrogen (secondary N) is 1. The van der Waals surface area contributed by atoms with Crippen LogP contribution in [0.3, 0.4) is 0 Å². The van der Waals surface area contributed by atoms with Crippen LogP contribution in [0.25, 0.3) is 0 Å². The summed E-state index contributed by atoms with van der Waals surface area (Å²) in [5, 5.41) is 2.79. The van der Waals surface area contributed by atoms with Gasteiger partial charge in [0.25, 0.3) is 0 Å². The van der Waals surface area contributed by atoms with Gasteiger partial charge in [-0.05, 0) is 49.9 Å². The van der Waals surface area contributed by atoms with Crippen LogP contribution in [0.4, 0.5) is 10.1 Å². The molecule has 1 N–H and O–H groups in total. The number of benzene rings is 1. The normalized spacial score (nSPS) is 21.5. The molecule has 7 heteroatoms. The number of piperidine rings is 1. The maximum atomic E-state index is 12.9. The summed E-state index contributed by atoms with van der Waals surface area (Å²) in [6, 6.07) is 6.17. The van der Waals surface area contributed by atoms with E-state index in [0.717, 1.165) is 52.0 Å². The van der Waals surface area contributed by atoms with Gasteiger partial charge in [0.2, 0.25) is 11.8 Å². The first kappa shape index (κ1) is 20.7. The van der Waals surface area contributed by atoms with E-state index in [2.05, 4.69) is 26.9 Å². The first-order chi connectivity index (χ1) is 13.5. The Morgan fingerprint density at radius 2 is 1.64 bits per heavy atom. The SMILES string of the molecule is CC[C@@H]1CCCCN1C(=O)CN1CCN(CC(=O)Nc2ccc(F)cc2)CC1. The summed E-state index contributed by atoms with van der Waals surface area (Å²) in [7, 11) is 0. The summed E-state index contributed by atoms with van der Waals surface area (Å²) in [6.45, 7) is 6.95. The third-order valence-corrected chi connectivity index (χ3v) is 5.74. The number of halogens is 1. The monoisotopic (exact) mass is 390 g/mol. The quantitative estimate of drug-likeness (QED) is 0.809. The third kappa shape index (κ3) is 5.75. The van der Waals surface area contributed by atoms with E-state index in [9.17, 15) is 14.0 Å². The molecule has 0 bridgehead atoms. The fraction of sp³-hybridized carbons (Fsp3) is 0.619. The van der Waals surface area contributed by atoms with Crippen molar-refractivity contribution in [3.63, 3.8) is 0 Å². The topological polar surface area (TPSA) is 55.9 Å². The van der Waals surface area contributed by atoms with Crippen LogP contribution in [0.2, 0.25) is 0 Å². The van der Waals surface area contributed by atoms with Crippen molar-refractivity contribution in [1.82, 2.24) is 14.7 Å². The summed E-state index contributed by atoms with van der Waals surface area (Å²) >= 11 is 0. The van der Waals surface area contributed by atoms with Crippen LogP contribution in [0, 0.1) is 5.82 Å². The number of anilines is 1. The van der Waals surface area contributed by atoms with Gasteiger partial charge in [0.05, 0.1) is 13.1 Å². The van der Waals surface area contributed by atoms with E-state index in [-0.39, 0.29) is 17.6 Å². The highest BCUT2D eigenvalue weighted by Gasteiger charge is 2.27. The zero-order valence-electron chi connectivity index (χ0n) is 16.7. The molecular weight excluding hydrogens is 359 g/mol. The zero-order chi connectivity index (χ0) is 19.9. The Morgan fingerprint density at radius 3 is 2.29 bits per heavy atom. The summed E-state index contributed by atoms with van der Waals surface area (Å²) in [6.07, 6.45) is 4.49. The van der Waals surface area contributed by atoms with Gasteiger partial charge in [-0.1, -0.05) is 6.92 Å². The van der Waals surface area contributed by atoms with E-state index in [4.69, 9.17) is 0 Å². The molecule has 0 aromatic heterocycles. The Labute approximate surface area is 166 Å². The Balaban J connectivity index is 1.39. The summed E-state index contributed by atoms with van der Waals surface area (Å²) in [4.78, 5) is 31.2. The molecule has 0 unspecified atom stereocenters. The maximum absolute atomic E-state index is 12.9. The van der Waals surface area contributed by atoms with Crippen LogP contribution in [-0.2, 0) is 9.59 Å². The molecule has 1 aromatic rings. The number of hydrogen-bond donors (Lipinski definition) is 1. The lowest BCUT2D eigenvalue weighted by Crippen LogP contribution is -2.53. The maximum Gasteiger partial charge on any atom is 0.238 e. The van der Waals surface area contributed by atoms with Crippen molar-refractivity contribution < 1.29 is 14.0 Å². The minimum atomic E-state index is -0.321. The fourth-order valence-corrected chi connectivity index (χ4v) is 4.08. The van der Waals surface area contributed by atoms with E-state index in [1.807, 2.05) is 0 Å². The number of carbonyl (C=O) groups is 2. The second-order valence-corrected chi connectivity index (χ2v) is 7.75. The lowest BCUT2D eigenvalue weighted by Gasteiger charge is -2.38. The van der Waals surface area contributed by atoms with E-state index in [1.165, 1.54) is 18.6 Å². The van der Waals surface area contributed by atoms with Crippen LogP contribution in [0.5, 0.6) is 0 Å². The summed E-state index contributed by atoms with van der Waals surface area (Å²) in [5.41, 5.74) is 0.600. The zero-order valence-corrected chi connectivity index (χ0v) is 16.7. The van der Waals surface area contributed by atoms with Gasteiger partial charge in [-0.25, -0.2) is 4.39 Å². The van der Waals surface area contributed by atoms with Crippen molar-refractivity contribution in [3.8, 4) is 0 Å². The molecule has 0 radical (unpaired) electrons. The molecule has 2 amide bonds. The van der Waals surface area contributed by atoms with Crippen molar-refractivity contribution in [1.29, 1.82) is 0 Å². The smallest absolute Gasteiger partial charge is 0.238 e. The molecule has 2 saturated heterocycles. The molecule has 1 aromatic carbocycles. The van der Waals surface area contributed by atoms with Crippen molar-refractivity contribution >= 4 is 17.5 Å². The van der Waals surface area contributed by atoms with Crippen LogP contribution in [-0.4, -0.2) is 78.4 Å². The standard InChI is InChI=1S/C21H31FN4O2/c1-2-19-5-3-4-10-26(19)21(28)16-25-13-11-24(12-14-25)15-20(27)23-18-8-6-17(22)7-9-18/h6-9,19H,2-5,10-16H2,1H3,(H,23,27)/t19-/m1/s1. The van der Waals surface area contributed by atoms with E-state index < -0.39 is 0 Å². The fourth-order valence-electron chi connectivity index (χ4n) is 4.08. The highest BCUT2D eigenvalue weighted by atomic mass is 19.1. The molecule has 1 atom stereocenters. The van der Waals surface area contributed by atoms with Gasteiger partial charge < -0.3 is 10.2 Å². The van der Waals surface area contributed by atoms with E-state index in [0.29, 0.717) is 24.8 Å². The lowest BCUT2D eigenvalue weighted by molar-refractivity contribution is -0.136. The molecule has 154 valence electrons. The molecule has 0 spiro atoms. The Hall–Kier alpha value is -1.99. The van der Waals surface area contributed by atoms with E-state index in [1.54, 1.807) is 12.1 Å². The molecule has 2 fully saturated rings. The van der Waals surface area contributed by atoms with Crippen molar-refractivity contribution in [2.75, 3.05) is 51.1 Å². The summed E-state index contributed by atoms with van der Waals surface area (Å²) < 4.78 is 12.9. The van der Waals surface area contributed by atoms with Gasteiger partial charge in [0, 0.05) is 44.5 Å². The number of carbonyl (C=O) groups excluding carboxylic acids is 2. The van der Waals surface area contributed by atoms with Crippen molar-refractivity contribution in [2.45, 2.75) is 38.6 Å². The van der Waals surface area contributed by atoms with Crippen LogP contribution in [0.15, 0.2) is 24.3 Å². The molecule has 0 saturated carbocycles. The van der Waals surface area contributed by atoms with Gasteiger partial charge in [-0.3, -0.25) is 19.4 Å². The number of nitrogens with zero attached hydrogens (tertiary/aromatic N) is 3. The molecule has 6 nitrogen and oxygen atoms in total. The number of likely N-dealkylation sites (tertiary alicyclic amines) is 1. The predicted molar refractivity (Wildman–Crippen MR) is 108 cm³/mol. The third-order valence-electron chi connectivity index (χ3n) is 5.74. The van der Waals surface area contributed by atoms with Crippen LogP contribution < -0.4 is 5.32 Å². The number of piperazine rings is 1. The second kappa shape index (κ2) is 9.98. The largest absolute Gasteiger partial charge is 0.339 e. The molecule has 28 heavy (non-hydrogen) atoms. The van der Waals surface area contributed by atoms with Crippen LogP contribution in [0.1, 0.15) is 32.6 Å². The molecule has 3 rings (SSSR count). The number of rotatable bonds is 6. The molecule has 2 aliphatic rings. The molecular formula is C21H31FN4O2. The van der Waals surface area contributed by atoms with Gasteiger partial charge in [0.15, 0.2) is 0 Å². The highest BCUT2D eigenvalue weighted by Crippen LogP contribution is 2.20. The Kier molecular flexibility index (Phi) is 7.39. The second-order valence-electron chi connectivity index (χ2n) is 7.75. The Morgan fingerprint density at radius 1 is 1.00 bits per heavy atom. The lowest BCUT2D eigenvalue weighted by atomic mass is 10.00. The van der Waals surface area contributed by atoms with Gasteiger partial charge >= 0.3 is 0 Å². The predicted octanol–water partition coefficient (Wildman–Crippen LogP) is 2.17. The molecule has 2 aliphatic heterocycles. The molecule has 2 heterocycles. The van der Waals surface area contributed by atoms with E-state index >= 15 is 0 Å². The van der Waals surface area contributed by atoms with Gasteiger partial charge in [-0.2, -0.15) is 0 Å². The van der Waals surface area contributed by atoms with Crippen molar-refractivity contribution in [3.05, 3.63) is 30.1 Å². The Bertz CT molecular complexity index is 659. The van der Waals surface area contributed by atoms with Crippen molar-refractivity contribution in [2.24, 2.45) is 0 Å². The minimum Gasteiger partial charge on any atom is -0.339 e. The first-order valence-corrected chi connectivity index (χ1v) is 10.3. The van der Waals surface area contributed by atoms with Gasteiger partial charge in [-0.15, -0.1) is 0 Å². The van der Waals surface area contributed by atoms with Gasteiger partial charge in [0.1, 0.15) is 5.82 Å². The average molecular weight is 391 g/mol. The first-order valence-electron chi connectivity index (χ1n) is 10.3. The van der Waals surface area contributed by atoms with Crippen LogP contribution >= 0.6 is 0 Å². The average Bonchev–Trinajstić information content (AvgIpc) is 2.71. The minimum absolute atomic E-state index is 0.102. The number of amides is 2. The molecule has 0 aliphatic carbocycles. The number of hydrogen-bond acceptors (Lipinski definition) is 4. The highest BCUT2D eigenvalue weighted by molar-refractivity contribution is 5.92. The summed E-state index contributed by atoms with van der Waals surface area (Å²) in [5.74, 6) is -0.178.